The van der Waals surface area contributed by atoms with E-state index in [0.717, 1.165) is 0 Å². The normalized spacial score (nSPS) is 25.2. The van der Waals surface area contributed by atoms with E-state index in [1.54, 1.807) is 0 Å². The van der Waals surface area contributed by atoms with Crippen molar-refractivity contribution in [1.82, 2.24) is 10.6 Å². The van der Waals surface area contributed by atoms with E-state index in [2.05, 4.69) is 10.6 Å². The van der Waals surface area contributed by atoms with Crippen LogP contribution >= 0.6 is 0 Å². The average molecular weight is 229 g/mol. The van der Waals surface area contributed by atoms with Crippen LogP contribution in [-0.4, -0.2) is 28.6 Å². The van der Waals surface area contributed by atoms with E-state index in [-0.39, 0.29) is 22.5 Å². The molecule has 2 atom stereocenters. The zero-order valence-electron chi connectivity index (χ0n) is 9.95. The lowest BCUT2D eigenvalue weighted by molar-refractivity contribution is -0.520. The first-order valence-electron chi connectivity index (χ1n) is 5.50. The predicted octanol–water partition coefficient (Wildman–Crippen LogP) is 1.28. The number of nitro groups is 1. The summed E-state index contributed by atoms with van der Waals surface area (Å²) in [5.41, 5.74) is -0.287. The van der Waals surface area contributed by atoms with Gasteiger partial charge >= 0.3 is 6.03 Å². The summed E-state index contributed by atoms with van der Waals surface area (Å²) in [7, 11) is 0. The number of carbonyl (C=O) groups excluding carboxylic acids is 1. The molecule has 0 saturated heterocycles. The Morgan fingerprint density at radius 1 is 1.38 bits per heavy atom. The Morgan fingerprint density at radius 3 is 2.44 bits per heavy atom. The van der Waals surface area contributed by atoms with Crippen molar-refractivity contribution in [3.63, 3.8) is 0 Å². The second-order valence-corrected chi connectivity index (χ2v) is 5.30. The third-order valence-electron chi connectivity index (χ3n) is 2.53. The lowest BCUT2D eigenvalue weighted by Gasteiger charge is -2.22. The third kappa shape index (κ3) is 4.04. The van der Waals surface area contributed by atoms with E-state index in [1.807, 2.05) is 20.8 Å². The van der Waals surface area contributed by atoms with Gasteiger partial charge in [-0.3, -0.25) is 10.1 Å². The van der Waals surface area contributed by atoms with E-state index in [0.29, 0.717) is 19.3 Å². The molecule has 6 nitrogen and oxygen atoms in total. The van der Waals surface area contributed by atoms with Crippen LogP contribution < -0.4 is 10.6 Å². The highest BCUT2D eigenvalue weighted by molar-refractivity contribution is 5.75. The fraction of sp³-hybridized carbons (Fsp3) is 0.900. The molecule has 0 aromatic heterocycles. The summed E-state index contributed by atoms with van der Waals surface area (Å²) in [5.74, 6) is 0. The van der Waals surface area contributed by atoms with Gasteiger partial charge in [-0.05, 0) is 27.2 Å². The van der Waals surface area contributed by atoms with Gasteiger partial charge in [-0.2, -0.15) is 0 Å². The largest absolute Gasteiger partial charge is 0.335 e. The minimum atomic E-state index is -0.500. The summed E-state index contributed by atoms with van der Waals surface area (Å²) in [6.07, 6.45) is 1.67. The number of nitrogens with one attached hydrogen (secondary N) is 2. The summed E-state index contributed by atoms with van der Waals surface area (Å²) < 4.78 is 0. The van der Waals surface area contributed by atoms with Gasteiger partial charge in [0.25, 0.3) is 0 Å². The summed E-state index contributed by atoms with van der Waals surface area (Å²) in [5, 5.41) is 16.1. The van der Waals surface area contributed by atoms with Crippen LogP contribution in [0, 0.1) is 10.1 Å². The molecule has 1 fully saturated rings. The number of urea groups is 1. The molecule has 2 N–H and O–H groups in total. The number of hydrogen-bond donors (Lipinski definition) is 2. The van der Waals surface area contributed by atoms with Crippen molar-refractivity contribution in [1.29, 1.82) is 0 Å². The quantitative estimate of drug-likeness (QED) is 0.552. The molecule has 0 heterocycles. The lowest BCUT2D eigenvalue weighted by atomic mass is 10.1. The molecule has 1 saturated carbocycles. The fourth-order valence-electron chi connectivity index (χ4n) is 1.84. The molecular formula is C10H19N3O3. The van der Waals surface area contributed by atoms with Gasteiger partial charge < -0.3 is 10.6 Å². The van der Waals surface area contributed by atoms with Crippen molar-refractivity contribution in [3.05, 3.63) is 10.1 Å². The Hall–Kier alpha value is -1.33. The molecule has 0 bridgehead atoms. The highest BCUT2D eigenvalue weighted by atomic mass is 16.6. The molecule has 1 unspecified atom stereocenters. The van der Waals surface area contributed by atoms with Gasteiger partial charge in [0.05, 0.1) is 0 Å². The van der Waals surface area contributed by atoms with Crippen LogP contribution in [0.25, 0.3) is 0 Å². The number of carbonyl (C=O) groups is 1. The molecule has 1 rings (SSSR count). The maximum atomic E-state index is 11.5. The highest BCUT2D eigenvalue weighted by Crippen LogP contribution is 2.21. The van der Waals surface area contributed by atoms with E-state index >= 15 is 0 Å². The Morgan fingerprint density at radius 2 is 2.00 bits per heavy atom. The van der Waals surface area contributed by atoms with Crippen LogP contribution in [0.1, 0.15) is 40.0 Å². The second kappa shape index (κ2) is 4.67. The molecule has 0 radical (unpaired) electrons. The van der Waals surface area contributed by atoms with Crippen molar-refractivity contribution >= 4 is 6.03 Å². The Balaban J connectivity index is 2.34. The van der Waals surface area contributed by atoms with Crippen LogP contribution in [0.15, 0.2) is 0 Å². The van der Waals surface area contributed by atoms with Gasteiger partial charge in [0.2, 0.25) is 6.04 Å². The molecule has 92 valence electrons. The number of hydrogen-bond acceptors (Lipinski definition) is 3. The smallest absolute Gasteiger partial charge is 0.315 e. The minimum Gasteiger partial charge on any atom is -0.335 e. The van der Waals surface area contributed by atoms with Crippen molar-refractivity contribution in [3.8, 4) is 0 Å². The maximum Gasteiger partial charge on any atom is 0.315 e. The molecule has 0 spiro atoms. The summed E-state index contributed by atoms with van der Waals surface area (Å²) in [4.78, 5) is 21.8. The van der Waals surface area contributed by atoms with Crippen LogP contribution in [-0.2, 0) is 0 Å². The second-order valence-electron chi connectivity index (χ2n) is 5.30. The first-order chi connectivity index (χ1) is 7.28. The van der Waals surface area contributed by atoms with E-state index < -0.39 is 6.04 Å². The standard InChI is InChI=1S/C10H19N3O3/c1-10(2,3)12-9(14)11-7-4-5-8(6-7)13(15)16/h7-8H,4-6H2,1-3H3,(H2,11,12,14)/t7-,8?/m0/s1. The average Bonchev–Trinajstić information content (AvgIpc) is 2.48. The third-order valence-corrected chi connectivity index (χ3v) is 2.53. The van der Waals surface area contributed by atoms with Crippen LogP contribution in [0.4, 0.5) is 4.79 Å². The summed E-state index contributed by atoms with van der Waals surface area (Å²) >= 11 is 0. The van der Waals surface area contributed by atoms with Gasteiger partial charge in [-0.1, -0.05) is 0 Å². The maximum absolute atomic E-state index is 11.5. The monoisotopic (exact) mass is 229 g/mol. The zero-order valence-corrected chi connectivity index (χ0v) is 9.95. The first-order valence-corrected chi connectivity index (χ1v) is 5.50. The molecule has 1 aliphatic rings. The van der Waals surface area contributed by atoms with Gasteiger partial charge in [0, 0.05) is 29.3 Å². The molecular weight excluding hydrogens is 210 g/mol. The summed E-state index contributed by atoms with van der Waals surface area (Å²) in [6, 6.07) is -0.820. The van der Waals surface area contributed by atoms with E-state index in [4.69, 9.17) is 0 Å². The SMILES string of the molecule is CC(C)(C)NC(=O)N[C@H]1CCC([N+](=O)[O-])C1. The van der Waals surface area contributed by atoms with Gasteiger partial charge in [-0.15, -0.1) is 0 Å². The molecule has 0 aromatic carbocycles. The Labute approximate surface area is 94.9 Å². The number of rotatable bonds is 2. The predicted molar refractivity (Wildman–Crippen MR) is 59.8 cm³/mol. The lowest BCUT2D eigenvalue weighted by Crippen LogP contribution is -2.49. The molecule has 0 aromatic rings. The Bertz CT molecular complexity index is 286. The van der Waals surface area contributed by atoms with Crippen molar-refractivity contribution in [2.24, 2.45) is 0 Å². The molecule has 16 heavy (non-hydrogen) atoms. The van der Waals surface area contributed by atoms with Gasteiger partial charge in [-0.25, -0.2) is 4.79 Å². The molecule has 6 heteroatoms. The first kappa shape index (κ1) is 12.7. The molecule has 1 aliphatic carbocycles. The van der Waals surface area contributed by atoms with Crippen LogP contribution in [0.2, 0.25) is 0 Å². The van der Waals surface area contributed by atoms with Crippen molar-refractivity contribution in [2.45, 2.75) is 57.7 Å². The topological polar surface area (TPSA) is 84.3 Å². The zero-order chi connectivity index (χ0) is 12.3. The minimum absolute atomic E-state index is 0.0715. The number of nitrogens with zero attached hydrogens (tertiary/aromatic N) is 1. The fourth-order valence-corrected chi connectivity index (χ4v) is 1.84. The van der Waals surface area contributed by atoms with Crippen molar-refractivity contribution in [2.75, 3.05) is 0 Å². The van der Waals surface area contributed by atoms with Crippen LogP contribution in [0.3, 0.4) is 0 Å². The van der Waals surface area contributed by atoms with Gasteiger partial charge in [0.1, 0.15) is 0 Å². The van der Waals surface area contributed by atoms with Crippen LogP contribution in [0.5, 0.6) is 0 Å². The van der Waals surface area contributed by atoms with Gasteiger partial charge in [0.15, 0.2) is 0 Å². The Kier molecular flexibility index (Phi) is 3.72. The highest BCUT2D eigenvalue weighted by Gasteiger charge is 2.33. The van der Waals surface area contributed by atoms with E-state index in [9.17, 15) is 14.9 Å². The number of amides is 2. The summed E-state index contributed by atoms with van der Waals surface area (Å²) in [6.45, 7) is 5.67. The van der Waals surface area contributed by atoms with Crippen molar-refractivity contribution < 1.29 is 9.72 Å². The molecule has 0 aliphatic heterocycles. The molecule has 2 amide bonds. The van der Waals surface area contributed by atoms with E-state index in [1.165, 1.54) is 0 Å².